The lowest BCUT2D eigenvalue weighted by Gasteiger charge is -2.41. The van der Waals surface area contributed by atoms with Crippen LogP contribution >= 0.6 is 0 Å². The van der Waals surface area contributed by atoms with Crippen LogP contribution in [-0.4, -0.2) is 110 Å². The van der Waals surface area contributed by atoms with Crippen LogP contribution in [0.4, 0.5) is 0 Å². The van der Waals surface area contributed by atoms with E-state index in [9.17, 15) is 25.5 Å². The third kappa shape index (κ3) is 4.29. The summed E-state index contributed by atoms with van der Waals surface area (Å²) < 4.78 is 10.1. The predicted molar refractivity (Wildman–Crippen MR) is 64.8 cm³/mol. The van der Waals surface area contributed by atoms with Gasteiger partial charge in [0.15, 0.2) is 6.29 Å². The third-order valence-corrected chi connectivity index (χ3v) is 3.30. The first-order valence-electron chi connectivity index (χ1n) is 6.41. The van der Waals surface area contributed by atoms with Crippen LogP contribution < -0.4 is 0 Å². The monoisotopic (exact) mass is 314 g/mol. The summed E-state index contributed by atoms with van der Waals surface area (Å²) in [5.74, 6) is 0. The molecule has 1 heterocycles. The van der Waals surface area contributed by atoms with Crippen LogP contribution in [0.15, 0.2) is 0 Å². The maximum Gasteiger partial charge on any atom is 0.187 e. The zero-order chi connectivity index (χ0) is 16.2. The Morgan fingerprint density at radius 3 is 2.00 bits per heavy atom. The average molecular weight is 314 g/mol. The Morgan fingerprint density at radius 1 is 0.905 bits per heavy atom. The summed E-state index contributed by atoms with van der Waals surface area (Å²) >= 11 is 0. The second-order valence-corrected chi connectivity index (χ2v) is 4.79. The van der Waals surface area contributed by atoms with Gasteiger partial charge in [-0.05, 0) is 0 Å². The van der Waals surface area contributed by atoms with Crippen molar-refractivity contribution in [1.82, 2.24) is 0 Å². The highest BCUT2D eigenvalue weighted by Gasteiger charge is 2.45. The third-order valence-electron chi connectivity index (χ3n) is 3.30. The molecule has 1 rings (SSSR count). The Labute approximate surface area is 120 Å². The minimum Gasteiger partial charge on any atom is -0.394 e. The molecule has 0 amide bonds. The first-order valence-corrected chi connectivity index (χ1v) is 6.41. The van der Waals surface area contributed by atoms with Crippen LogP contribution in [0.2, 0.25) is 0 Å². The molecule has 0 unspecified atom stereocenters. The van der Waals surface area contributed by atoms with Gasteiger partial charge in [-0.1, -0.05) is 0 Å². The van der Waals surface area contributed by atoms with Crippen molar-refractivity contribution in [3.63, 3.8) is 0 Å². The van der Waals surface area contributed by atoms with Crippen LogP contribution in [0, 0.1) is 0 Å². The molecule has 1 aliphatic heterocycles. The molecular formula is C11H22O10. The van der Waals surface area contributed by atoms with Gasteiger partial charge in [-0.25, -0.2) is 0 Å². The zero-order valence-electron chi connectivity index (χ0n) is 11.1. The highest BCUT2D eigenvalue weighted by Crippen LogP contribution is 2.23. The minimum atomic E-state index is -1.70. The summed E-state index contributed by atoms with van der Waals surface area (Å²) in [6.07, 6.45) is -12.4. The van der Waals surface area contributed by atoms with E-state index in [-0.39, 0.29) is 0 Å². The normalized spacial score (nSPS) is 38.0. The maximum atomic E-state index is 9.73. The Morgan fingerprint density at radius 2 is 1.52 bits per heavy atom. The van der Waals surface area contributed by atoms with Crippen molar-refractivity contribution in [2.45, 2.75) is 49.0 Å². The molecule has 0 aliphatic carbocycles. The van der Waals surface area contributed by atoms with Crippen molar-refractivity contribution in [2.75, 3.05) is 19.8 Å². The lowest BCUT2D eigenvalue weighted by atomic mass is 9.99. The van der Waals surface area contributed by atoms with E-state index < -0.39 is 68.8 Å². The smallest absolute Gasteiger partial charge is 0.187 e. The number of aliphatic hydroxyl groups excluding tert-OH is 8. The molecule has 8 N–H and O–H groups in total. The molecular weight excluding hydrogens is 292 g/mol. The van der Waals surface area contributed by atoms with Crippen molar-refractivity contribution in [1.29, 1.82) is 0 Å². The summed E-state index contributed by atoms with van der Waals surface area (Å²) in [6.45, 7) is -2.21. The molecule has 0 bridgehead atoms. The van der Waals surface area contributed by atoms with E-state index in [0.717, 1.165) is 0 Å². The Bertz CT molecular complexity index is 301. The largest absolute Gasteiger partial charge is 0.394 e. The highest BCUT2D eigenvalue weighted by atomic mass is 16.7. The molecule has 1 saturated heterocycles. The number of ether oxygens (including phenoxy) is 2. The Balaban J connectivity index is 2.74. The van der Waals surface area contributed by atoms with E-state index >= 15 is 0 Å². The van der Waals surface area contributed by atoms with Crippen LogP contribution in [0.25, 0.3) is 0 Å². The summed E-state index contributed by atoms with van der Waals surface area (Å²) in [6, 6.07) is 0. The van der Waals surface area contributed by atoms with Gasteiger partial charge >= 0.3 is 0 Å². The topological polar surface area (TPSA) is 180 Å². The summed E-state index contributed by atoms with van der Waals surface area (Å²) in [4.78, 5) is 0. The molecule has 0 aromatic carbocycles. The van der Waals surface area contributed by atoms with Gasteiger partial charge in [-0.15, -0.1) is 0 Å². The van der Waals surface area contributed by atoms with Crippen molar-refractivity contribution in [2.24, 2.45) is 0 Å². The van der Waals surface area contributed by atoms with Gasteiger partial charge in [-0.3, -0.25) is 0 Å². The van der Waals surface area contributed by atoms with Crippen molar-refractivity contribution < 1.29 is 50.3 Å². The van der Waals surface area contributed by atoms with E-state index in [2.05, 4.69) is 0 Å². The molecule has 1 fully saturated rings. The lowest BCUT2D eigenvalue weighted by Crippen LogP contribution is -2.60. The number of hydrogen-bond donors (Lipinski definition) is 8. The van der Waals surface area contributed by atoms with Gasteiger partial charge in [0.25, 0.3) is 0 Å². The first-order chi connectivity index (χ1) is 9.87. The molecule has 0 aromatic rings. The summed E-state index contributed by atoms with van der Waals surface area (Å²) in [7, 11) is 0. The van der Waals surface area contributed by atoms with E-state index in [1.165, 1.54) is 0 Å². The van der Waals surface area contributed by atoms with E-state index in [1.807, 2.05) is 0 Å². The first kappa shape index (κ1) is 18.6. The van der Waals surface area contributed by atoms with Crippen molar-refractivity contribution >= 4 is 0 Å². The quantitative estimate of drug-likeness (QED) is 0.226. The molecule has 0 aromatic heterocycles. The number of aliphatic hydroxyl groups is 8. The van der Waals surface area contributed by atoms with Crippen LogP contribution in [0.5, 0.6) is 0 Å². The molecule has 10 nitrogen and oxygen atoms in total. The molecule has 0 saturated carbocycles. The van der Waals surface area contributed by atoms with Gasteiger partial charge in [-0.2, -0.15) is 0 Å². The molecule has 10 heteroatoms. The fourth-order valence-electron chi connectivity index (χ4n) is 1.94. The van der Waals surface area contributed by atoms with Crippen molar-refractivity contribution in [3.05, 3.63) is 0 Å². The van der Waals surface area contributed by atoms with Gasteiger partial charge in [0.2, 0.25) is 0 Å². The van der Waals surface area contributed by atoms with Crippen LogP contribution in [-0.2, 0) is 9.47 Å². The van der Waals surface area contributed by atoms with E-state index in [0.29, 0.717) is 0 Å². The van der Waals surface area contributed by atoms with Gasteiger partial charge in [0, 0.05) is 0 Å². The molecule has 126 valence electrons. The fraction of sp³-hybridized carbons (Fsp3) is 1.00. The molecule has 0 spiro atoms. The number of rotatable bonds is 7. The Kier molecular flexibility index (Phi) is 7.36. The van der Waals surface area contributed by atoms with Gasteiger partial charge in [0.1, 0.15) is 42.7 Å². The molecule has 8 atom stereocenters. The lowest BCUT2D eigenvalue weighted by molar-refractivity contribution is -0.321. The zero-order valence-corrected chi connectivity index (χ0v) is 11.1. The minimum absolute atomic E-state index is 0.656. The molecule has 0 radical (unpaired) electrons. The highest BCUT2D eigenvalue weighted by molar-refractivity contribution is 4.90. The number of hydrogen-bond acceptors (Lipinski definition) is 10. The average Bonchev–Trinajstić information content (AvgIpc) is 2.50. The van der Waals surface area contributed by atoms with E-state index in [1.54, 1.807) is 0 Å². The molecule has 21 heavy (non-hydrogen) atoms. The standard InChI is InChI=1S/C11H22O10/c12-1-4(15)7(16)5(2-13)20-11-10(19)9(18)8(17)6(3-14)21-11/h4-19H,1-3H2/t4-,5+,6+,7-,8+,9-,10+,11+/m0/s1. The second kappa shape index (κ2) is 8.29. The summed E-state index contributed by atoms with van der Waals surface area (Å²) in [5.41, 5.74) is 0. The van der Waals surface area contributed by atoms with Crippen LogP contribution in [0.1, 0.15) is 0 Å². The van der Waals surface area contributed by atoms with Gasteiger partial charge < -0.3 is 50.3 Å². The maximum absolute atomic E-state index is 9.73. The summed E-state index contributed by atoms with van der Waals surface area (Å²) in [5, 5.41) is 74.7. The SMILES string of the molecule is OC[C@H](O)[C@H](O)[C@@H](CO)O[C@@H]1O[C@H](CO)[C@@H](O)[C@H](O)[C@H]1O. The Hall–Kier alpha value is -0.400. The van der Waals surface area contributed by atoms with Crippen LogP contribution in [0.3, 0.4) is 0 Å². The van der Waals surface area contributed by atoms with Gasteiger partial charge in [0.05, 0.1) is 19.8 Å². The predicted octanol–water partition coefficient (Wildman–Crippen LogP) is -5.12. The fourth-order valence-corrected chi connectivity index (χ4v) is 1.94. The second-order valence-electron chi connectivity index (χ2n) is 4.79. The molecule has 1 aliphatic rings. The van der Waals surface area contributed by atoms with E-state index in [4.69, 9.17) is 24.8 Å². The van der Waals surface area contributed by atoms with Crippen molar-refractivity contribution in [3.8, 4) is 0 Å².